The number of anilines is 2. The number of hydrogen-bond donors (Lipinski definition) is 1. The largest absolute Gasteiger partial charge is 0.494 e. The molecule has 3 saturated heterocycles. The molecule has 3 amide bonds. The number of fused-ring (bicyclic) bond motifs is 1. The summed E-state index contributed by atoms with van der Waals surface area (Å²) in [5, 5.41) is 9.70. The molecule has 48 heavy (non-hydrogen) atoms. The van der Waals surface area contributed by atoms with Gasteiger partial charge in [-0.3, -0.25) is 14.4 Å². The number of aliphatic hydroxyl groups excluding tert-OH is 1. The molecule has 0 saturated carbocycles. The van der Waals surface area contributed by atoms with Gasteiger partial charge in [-0.25, -0.2) is 0 Å². The van der Waals surface area contributed by atoms with E-state index < -0.39 is 29.1 Å². The molecule has 2 aromatic rings. The third kappa shape index (κ3) is 6.16. The van der Waals surface area contributed by atoms with Gasteiger partial charge in [0.1, 0.15) is 17.4 Å². The van der Waals surface area contributed by atoms with Crippen LogP contribution in [0.4, 0.5) is 11.4 Å². The molecule has 2 bridgehead atoms. The number of likely N-dealkylation sites (tertiary alicyclic amines) is 1. The average Bonchev–Trinajstić information content (AvgIpc) is 3.59. The normalized spacial score (nSPS) is 27.1. The number of para-hydroxylation sites is 1. The highest BCUT2D eigenvalue weighted by Gasteiger charge is 2.80. The molecule has 3 unspecified atom stereocenters. The van der Waals surface area contributed by atoms with Gasteiger partial charge in [-0.05, 0) is 75.4 Å². The van der Waals surface area contributed by atoms with E-state index in [9.17, 15) is 19.5 Å². The molecular formula is C38H48ClN3O6. The zero-order valence-electron chi connectivity index (χ0n) is 28.3. The van der Waals surface area contributed by atoms with Gasteiger partial charge in [-0.15, -0.1) is 13.2 Å². The van der Waals surface area contributed by atoms with Gasteiger partial charge >= 0.3 is 0 Å². The summed E-state index contributed by atoms with van der Waals surface area (Å²) < 4.78 is 12.6. The van der Waals surface area contributed by atoms with Crippen LogP contribution < -0.4 is 14.5 Å². The highest BCUT2D eigenvalue weighted by Crippen LogP contribution is 2.65. The van der Waals surface area contributed by atoms with E-state index in [1.54, 1.807) is 45.1 Å². The lowest BCUT2D eigenvalue weighted by atomic mass is 9.62. The number of amides is 3. The van der Waals surface area contributed by atoms with Crippen LogP contribution in [0.25, 0.3) is 0 Å². The summed E-state index contributed by atoms with van der Waals surface area (Å²) in [5.41, 5.74) is -1.02. The molecule has 3 heterocycles. The molecule has 0 aromatic heterocycles. The number of unbranched alkanes of at least 4 members (excludes halogenated alkanes) is 3. The zero-order valence-corrected chi connectivity index (χ0v) is 29.0. The second-order valence-corrected chi connectivity index (χ2v) is 13.6. The third-order valence-corrected chi connectivity index (χ3v) is 10.7. The highest BCUT2D eigenvalue weighted by atomic mass is 35.5. The van der Waals surface area contributed by atoms with E-state index in [0.29, 0.717) is 54.6 Å². The minimum absolute atomic E-state index is 0.104. The van der Waals surface area contributed by atoms with Crippen LogP contribution in [0.5, 0.6) is 5.75 Å². The first-order chi connectivity index (χ1) is 23.1. The predicted octanol–water partition coefficient (Wildman–Crippen LogP) is 6.04. The monoisotopic (exact) mass is 677 g/mol. The SMILES string of the molecule is C=CCN(C(=O)[C@@H]1[C@H]2C(=O)N(CCCCCCO)C(C(=O)N(CC=C)c3ccccc3Cl)C23CC(C)[C@@]1(C)O3)c1ccc(OCC)cc1. The van der Waals surface area contributed by atoms with Gasteiger partial charge in [-0.2, -0.15) is 0 Å². The fraction of sp³-hybridized carbons (Fsp3) is 0.500. The summed E-state index contributed by atoms with van der Waals surface area (Å²) in [6, 6.07) is 13.5. The maximum absolute atomic E-state index is 14.9. The first-order valence-corrected chi connectivity index (χ1v) is 17.4. The van der Waals surface area contributed by atoms with Gasteiger partial charge in [0.2, 0.25) is 11.8 Å². The molecule has 5 rings (SSSR count). The summed E-state index contributed by atoms with van der Waals surface area (Å²) in [5.74, 6) is -1.90. The fourth-order valence-electron chi connectivity index (χ4n) is 8.15. The molecule has 3 fully saturated rings. The van der Waals surface area contributed by atoms with E-state index in [4.69, 9.17) is 21.1 Å². The zero-order chi connectivity index (χ0) is 34.6. The minimum Gasteiger partial charge on any atom is -0.494 e. The Morgan fingerprint density at radius 2 is 1.71 bits per heavy atom. The molecular weight excluding hydrogens is 630 g/mol. The van der Waals surface area contributed by atoms with E-state index in [1.807, 2.05) is 51.1 Å². The Morgan fingerprint density at radius 3 is 2.35 bits per heavy atom. The summed E-state index contributed by atoms with van der Waals surface area (Å²) >= 11 is 6.62. The quantitative estimate of drug-likeness (QED) is 0.172. The highest BCUT2D eigenvalue weighted by molar-refractivity contribution is 6.34. The Balaban J connectivity index is 1.58. The number of aliphatic hydroxyl groups is 1. The van der Waals surface area contributed by atoms with Crippen LogP contribution in [0.3, 0.4) is 0 Å². The summed E-state index contributed by atoms with van der Waals surface area (Å²) in [6.45, 7) is 15.0. The maximum atomic E-state index is 14.9. The number of carbonyl (C=O) groups excluding carboxylic acids is 3. The van der Waals surface area contributed by atoms with E-state index in [1.165, 1.54) is 0 Å². The van der Waals surface area contributed by atoms with Gasteiger partial charge < -0.3 is 29.3 Å². The Labute approximate surface area is 289 Å². The van der Waals surface area contributed by atoms with Crippen molar-refractivity contribution in [2.75, 3.05) is 42.6 Å². The molecule has 3 aliphatic heterocycles. The molecule has 1 spiro atoms. The Bertz CT molecular complexity index is 1520. The average molecular weight is 678 g/mol. The molecule has 2 aromatic carbocycles. The lowest BCUT2D eigenvalue weighted by molar-refractivity contribution is -0.145. The van der Waals surface area contributed by atoms with Gasteiger partial charge in [0, 0.05) is 31.9 Å². The van der Waals surface area contributed by atoms with E-state index in [-0.39, 0.29) is 43.3 Å². The summed E-state index contributed by atoms with van der Waals surface area (Å²) in [6.07, 6.45) is 6.66. The number of benzene rings is 2. The first kappa shape index (κ1) is 35.6. The van der Waals surface area contributed by atoms with Gasteiger partial charge in [0.15, 0.2) is 0 Å². The topological polar surface area (TPSA) is 99.6 Å². The minimum atomic E-state index is -1.22. The van der Waals surface area contributed by atoms with Crippen molar-refractivity contribution in [3.8, 4) is 5.75 Å². The number of ether oxygens (including phenoxy) is 2. The van der Waals surface area contributed by atoms with Crippen LogP contribution in [-0.4, -0.2) is 77.8 Å². The van der Waals surface area contributed by atoms with Crippen LogP contribution in [0.1, 0.15) is 52.9 Å². The molecule has 9 nitrogen and oxygen atoms in total. The van der Waals surface area contributed by atoms with Crippen molar-refractivity contribution in [3.63, 3.8) is 0 Å². The van der Waals surface area contributed by atoms with Crippen molar-refractivity contribution >= 4 is 40.7 Å². The molecule has 3 aliphatic rings. The Morgan fingerprint density at radius 1 is 1.04 bits per heavy atom. The van der Waals surface area contributed by atoms with Crippen molar-refractivity contribution in [1.82, 2.24) is 4.90 Å². The molecule has 0 aliphatic carbocycles. The second-order valence-electron chi connectivity index (χ2n) is 13.2. The van der Waals surface area contributed by atoms with Crippen molar-refractivity contribution < 1.29 is 29.0 Å². The molecule has 258 valence electrons. The van der Waals surface area contributed by atoms with Gasteiger partial charge in [0.25, 0.3) is 5.91 Å². The standard InChI is InChI=1S/C38H48ClN3O6/c1-6-21-40(27-17-19-28(20-18-27)47-8-3)34(44)31-32-35(45)42(23-13-9-10-14-24-43)33(38(32)25-26(4)37(31,5)48-38)36(46)41(22-7-2)30-16-12-11-15-29(30)39/h6-7,11-12,15-20,26,31-33,43H,1-2,8-10,13-14,21-25H2,3-5H3/t26?,31-,32-,33?,37+,38?/m0/s1. The van der Waals surface area contributed by atoms with Crippen LogP contribution >= 0.6 is 11.6 Å². The number of carbonyl (C=O) groups is 3. The number of hydrogen-bond acceptors (Lipinski definition) is 6. The Hall–Kier alpha value is -3.66. The third-order valence-electron chi connectivity index (χ3n) is 10.4. The number of nitrogens with zero attached hydrogens (tertiary/aromatic N) is 3. The lowest BCUT2D eigenvalue weighted by Gasteiger charge is -2.39. The first-order valence-electron chi connectivity index (χ1n) is 17.0. The van der Waals surface area contributed by atoms with Crippen LogP contribution in [0.2, 0.25) is 5.02 Å². The van der Waals surface area contributed by atoms with Gasteiger partial charge in [-0.1, -0.05) is 55.7 Å². The lowest BCUT2D eigenvalue weighted by Crippen LogP contribution is -2.57. The predicted molar refractivity (Wildman–Crippen MR) is 188 cm³/mol. The van der Waals surface area contributed by atoms with E-state index >= 15 is 0 Å². The fourth-order valence-corrected chi connectivity index (χ4v) is 8.38. The van der Waals surface area contributed by atoms with Crippen molar-refractivity contribution in [3.05, 3.63) is 78.9 Å². The van der Waals surface area contributed by atoms with Crippen molar-refractivity contribution in [2.24, 2.45) is 17.8 Å². The smallest absolute Gasteiger partial charge is 0.253 e. The molecule has 1 N–H and O–H groups in total. The molecule has 0 radical (unpaired) electrons. The van der Waals surface area contributed by atoms with E-state index in [2.05, 4.69) is 13.2 Å². The van der Waals surface area contributed by atoms with E-state index in [0.717, 1.165) is 12.8 Å². The van der Waals surface area contributed by atoms with Crippen molar-refractivity contribution in [2.45, 2.75) is 70.1 Å². The molecule has 10 heteroatoms. The van der Waals surface area contributed by atoms with Crippen LogP contribution in [0.15, 0.2) is 73.8 Å². The molecule has 6 atom stereocenters. The second kappa shape index (κ2) is 14.8. The summed E-state index contributed by atoms with van der Waals surface area (Å²) in [4.78, 5) is 49.4. The number of halogens is 1. The van der Waals surface area contributed by atoms with Gasteiger partial charge in [0.05, 0.1) is 34.8 Å². The van der Waals surface area contributed by atoms with Crippen LogP contribution in [0, 0.1) is 17.8 Å². The summed E-state index contributed by atoms with van der Waals surface area (Å²) in [7, 11) is 0. The van der Waals surface area contributed by atoms with Crippen LogP contribution in [-0.2, 0) is 19.1 Å². The van der Waals surface area contributed by atoms with Crippen molar-refractivity contribution in [1.29, 1.82) is 0 Å². The number of rotatable bonds is 16. The Kier molecular flexibility index (Phi) is 11.0. The maximum Gasteiger partial charge on any atom is 0.253 e.